The number of nitrogens with zero attached hydrogens (tertiary/aromatic N) is 3. The van der Waals surface area contributed by atoms with E-state index in [1.807, 2.05) is 67.8 Å². The molecule has 34 heavy (non-hydrogen) atoms. The second kappa shape index (κ2) is 10.5. The van der Waals surface area contributed by atoms with Gasteiger partial charge < -0.3 is 9.30 Å². The second-order valence-electron chi connectivity index (χ2n) is 9.33. The van der Waals surface area contributed by atoms with E-state index in [4.69, 9.17) is 4.74 Å². The van der Waals surface area contributed by atoms with Gasteiger partial charge in [0, 0.05) is 13.3 Å². The van der Waals surface area contributed by atoms with Crippen molar-refractivity contribution in [2.75, 3.05) is 0 Å². The van der Waals surface area contributed by atoms with E-state index < -0.39 is 5.60 Å². The summed E-state index contributed by atoms with van der Waals surface area (Å²) in [4.78, 5) is 29.2. The topological polar surface area (TPSA) is 85.0 Å². The molecule has 0 amide bonds. The zero-order valence-corrected chi connectivity index (χ0v) is 20.5. The van der Waals surface area contributed by atoms with Crippen LogP contribution in [0.5, 0.6) is 0 Å². The predicted molar refractivity (Wildman–Crippen MR) is 132 cm³/mol. The zero-order valence-electron chi connectivity index (χ0n) is 20.5. The van der Waals surface area contributed by atoms with Crippen LogP contribution in [0, 0.1) is 11.3 Å². The van der Waals surface area contributed by atoms with Crippen molar-refractivity contribution < 1.29 is 14.3 Å². The van der Waals surface area contributed by atoms with Crippen LogP contribution in [0.2, 0.25) is 0 Å². The molecule has 0 spiro atoms. The maximum Gasteiger partial charge on any atom is 0.339 e. The number of unbranched alkanes of at least 4 members (excludes halogenated alkanes) is 1. The third-order valence-electron chi connectivity index (χ3n) is 5.39. The molecule has 0 saturated carbocycles. The standard InChI is InChI=1S/C28H31N3O3/c1-6-7-12-25-30-26(19(2)32)24(17-29)31(25)18-20-13-15-21(16-14-20)22-10-8-9-11-23(22)27(33)34-28(3,4)5/h8-11,13-16H,6-7,12,18H2,1-5H3. The van der Waals surface area contributed by atoms with Gasteiger partial charge in [0.2, 0.25) is 0 Å². The van der Waals surface area contributed by atoms with Gasteiger partial charge in [-0.2, -0.15) is 5.26 Å². The van der Waals surface area contributed by atoms with Crippen LogP contribution in [0.15, 0.2) is 48.5 Å². The van der Waals surface area contributed by atoms with Crippen molar-refractivity contribution >= 4 is 11.8 Å². The van der Waals surface area contributed by atoms with Crippen LogP contribution in [0.4, 0.5) is 0 Å². The highest BCUT2D eigenvalue weighted by atomic mass is 16.6. The summed E-state index contributed by atoms with van der Waals surface area (Å²) in [5.41, 5.74) is 3.14. The number of imidazole rings is 1. The van der Waals surface area contributed by atoms with Crippen LogP contribution < -0.4 is 0 Å². The Hall–Kier alpha value is -3.72. The van der Waals surface area contributed by atoms with Crippen molar-refractivity contribution in [3.63, 3.8) is 0 Å². The van der Waals surface area contributed by atoms with E-state index in [1.54, 1.807) is 6.07 Å². The lowest BCUT2D eigenvalue weighted by atomic mass is 9.98. The molecule has 6 nitrogen and oxygen atoms in total. The van der Waals surface area contributed by atoms with Gasteiger partial charge in [0.1, 0.15) is 23.2 Å². The summed E-state index contributed by atoms with van der Waals surface area (Å²) in [7, 11) is 0. The molecular formula is C28H31N3O3. The Morgan fingerprint density at radius 3 is 2.35 bits per heavy atom. The Morgan fingerprint density at radius 2 is 1.76 bits per heavy atom. The first-order valence-corrected chi connectivity index (χ1v) is 11.6. The number of aromatic nitrogens is 2. The lowest BCUT2D eigenvalue weighted by Gasteiger charge is -2.20. The quantitative estimate of drug-likeness (QED) is 0.307. The van der Waals surface area contributed by atoms with Crippen LogP contribution in [0.25, 0.3) is 11.1 Å². The van der Waals surface area contributed by atoms with Crippen LogP contribution in [-0.4, -0.2) is 26.9 Å². The maximum atomic E-state index is 12.7. The van der Waals surface area contributed by atoms with Crippen molar-refractivity contribution in [1.82, 2.24) is 9.55 Å². The first-order valence-electron chi connectivity index (χ1n) is 11.6. The van der Waals surface area contributed by atoms with Crippen LogP contribution in [0.1, 0.15) is 85.4 Å². The van der Waals surface area contributed by atoms with Crippen molar-refractivity contribution in [3.8, 4) is 17.2 Å². The number of esters is 1. The predicted octanol–water partition coefficient (Wildman–Crippen LogP) is 5.97. The summed E-state index contributed by atoms with van der Waals surface area (Å²) >= 11 is 0. The number of ketones is 1. The third-order valence-corrected chi connectivity index (χ3v) is 5.39. The molecule has 0 saturated heterocycles. The zero-order chi connectivity index (χ0) is 24.9. The van der Waals surface area contributed by atoms with Crippen molar-refractivity contribution in [2.24, 2.45) is 0 Å². The van der Waals surface area contributed by atoms with Crippen LogP contribution in [-0.2, 0) is 17.7 Å². The number of nitriles is 1. The molecule has 0 bridgehead atoms. The molecule has 0 unspecified atom stereocenters. The molecule has 1 aromatic heterocycles. The summed E-state index contributed by atoms with van der Waals surface area (Å²) < 4.78 is 7.42. The van der Waals surface area contributed by atoms with Gasteiger partial charge in [-0.3, -0.25) is 4.79 Å². The van der Waals surface area contributed by atoms with E-state index in [0.29, 0.717) is 24.2 Å². The molecule has 176 valence electrons. The number of ether oxygens (including phenoxy) is 1. The number of rotatable bonds is 8. The number of hydrogen-bond acceptors (Lipinski definition) is 5. The SMILES string of the molecule is CCCCc1nc(C(C)=O)c(C#N)n1Cc1ccc(-c2ccccc2C(=O)OC(C)(C)C)cc1. The third kappa shape index (κ3) is 5.79. The average Bonchev–Trinajstić information content (AvgIpc) is 3.14. The second-order valence-corrected chi connectivity index (χ2v) is 9.33. The normalized spacial score (nSPS) is 11.2. The minimum absolute atomic E-state index is 0.206. The molecule has 0 N–H and O–H groups in total. The smallest absolute Gasteiger partial charge is 0.339 e. The van der Waals surface area contributed by atoms with Crippen molar-refractivity contribution in [2.45, 2.75) is 66.0 Å². The van der Waals surface area contributed by atoms with Crippen LogP contribution in [0.3, 0.4) is 0 Å². The Balaban J connectivity index is 1.92. The number of carbonyl (C=O) groups is 2. The maximum absolute atomic E-state index is 12.7. The molecule has 0 aliphatic heterocycles. The molecule has 0 aliphatic carbocycles. The van der Waals surface area contributed by atoms with E-state index in [-0.39, 0.29) is 17.4 Å². The van der Waals surface area contributed by atoms with Gasteiger partial charge in [-0.15, -0.1) is 0 Å². The highest BCUT2D eigenvalue weighted by Crippen LogP contribution is 2.27. The fourth-order valence-electron chi connectivity index (χ4n) is 3.77. The highest BCUT2D eigenvalue weighted by molar-refractivity contribution is 5.97. The number of Topliss-reactive ketones (excluding diaryl/α,β-unsaturated/α-hetero) is 1. The largest absolute Gasteiger partial charge is 0.456 e. The first-order chi connectivity index (χ1) is 16.1. The van der Waals surface area contributed by atoms with E-state index >= 15 is 0 Å². The summed E-state index contributed by atoms with van der Waals surface area (Å²) in [6.45, 7) is 9.52. The Labute approximate surface area is 201 Å². The molecule has 2 aromatic carbocycles. The molecule has 0 fully saturated rings. The van der Waals surface area contributed by atoms with Gasteiger partial charge in [0.15, 0.2) is 11.5 Å². The average molecular weight is 458 g/mol. The van der Waals surface area contributed by atoms with E-state index in [9.17, 15) is 14.9 Å². The number of hydrogen-bond donors (Lipinski definition) is 0. The Kier molecular flexibility index (Phi) is 7.68. The van der Waals surface area contributed by atoms with Gasteiger partial charge in [0.25, 0.3) is 0 Å². The molecule has 3 aromatic rings. The molecule has 0 atom stereocenters. The van der Waals surface area contributed by atoms with Gasteiger partial charge in [-0.1, -0.05) is 55.8 Å². The molecule has 6 heteroatoms. The molecule has 0 aliphatic rings. The Bertz CT molecular complexity index is 1230. The van der Waals surface area contributed by atoms with Gasteiger partial charge in [-0.25, -0.2) is 9.78 Å². The van der Waals surface area contributed by atoms with E-state index in [0.717, 1.165) is 35.4 Å². The van der Waals surface area contributed by atoms with Crippen molar-refractivity contribution in [1.29, 1.82) is 5.26 Å². The molecule has 3 rings (SSSR count). The monoisotopic (exact) mass is 457 g/mol. The first kappa shape index (κ1) is 24.9. The minimum Gasteiger partial charge on any atom is -0.456 e. The fourth-order valence-corrected chi connectivity index (χ4v) is 3.77. The molecular weight excluding hydrogens is 426 g/mol. The number of aryl methyl sites for hydroxylation is 1. The molecule has 1 heterocycles. The lowest BCUT2D eigenvalue weighted by molar-refractivity contribution is 0.00703. The van der Waals surface area contributed by atoms with Gasteiger partial charge in [-0.05, 0) is 49.9 Å². The minimum atomic E-state index is -0.578. The summed E-state index contributed by atoms with van der Waals surface area (Å²) in [6, 6.07) is 17.4. The highest BCUT2D eigenvalue weighted by Gasteiger charge is 2.22. The van der Waals surface area contributed by atoms with E-state index in [1.165, 1.54) is 6.92 Å². The lowest BCUT2D eigenvalue weighted by Crippen LogP contribution is -2.24. The van der Waals surface area contributed by atoms with Crippen LogP contribution >= 0.6 is 0 Å². The summed E-state index contributed by atoms with van der Waals surface area (Å²) in [6.07, 6.45) is 2.63. The van der Waals surface area contributed by atoms with E-state index in [2.05, 4.69) is 18.0 Å². The number of carbonyl (C=O) groups excluding carboxylic acids is 2. The fraction of sp³-hybridized carbons (Fsp3) is 0.357. The number of benzene rings is 2. The summed E-state index contributed by atoms with van der Waals surface area (Å²) in [5, 5.41) is 9.71. The molecule has 0 radical (unpaired) electrons. The van der Waals surface area contributed by atoms with Crippen molar-refractivity contribution in [3.05, 3.63) is 76.9 Å². The van der Waals surface area contributed by atoms with Gasteiger partial charge in [0.05, 0.1) is 12.1 Å². The Morgan fingerprint density at radius 1 is 1.09 bits per heavy atom. The summed E-state index contributed by atoms with van der Waals surface area (Å²) in [5.74, 6) is 0.187. The van der Waals surface area contributed by atoms with Gasteiger partial charge >= 0.3 is 5.97 Å².